The zero-order valence-corrected chi connectivity index (χ0v) is 17.4. The highest BCUT2D eigenvalue weighted by molar-refractivity contribution is 6.05. The molecular weight excluding hydrogens is 382 g/mol. The van der Waals surface area contributed by atoms with Gasteiger partial charge in [0.15, 0.2) is 0 Å². The average molecular weight is 407 g/mol. The Bertz CT molecular complexity index is 1120. The fraction of sp³-hybridized carbons (Fsp3) is 0.333. The van der Waals surface area contributed by atoms with Crippen LogP contribution < -0.4 is 14.2 Å². The van der Waals surface area contributed by atoms with Crippen molar-refractivity contribution in [2.75, 3.05) is 21.3 Å². The number of benzene rings is 2. The summed E-state index contributed by atoms with van der Waals surface area (Å²) in [5.41, 5.74) is 4.48. The maximum atomic E-state index is 12.4. The van der Waals surface area contributed by atoms with Gasteiger partial charge < -0.3 is 19.3 Å². The van der Waals surface area contributed by atoms with Gasteiger partial charge in [0.05, 0.1) is 32.4 Å². The van der Waals surface area contributed by atoms with E-state index in [1.165, 1.54) is 11.1 Å². The molecule has 0 radical (unpaired) electrons. The van der Waals surface area contributed by atoms with E-state index in [1.807, 2.05) is 30.5 Å². The van der Waals surface area contributed by atoms with Gasteiger partial charge in [0.1, 0.15) is 17.2 Å². The maximum Gasteiger partial charge on any atom is 0.338 e. The number of carbonyl (C=O) groups is 1. The summed E-state index contributed by atoms with van der Waals surface area (Å²) in [6.45, 7) is 0. The Morgan fingerprint density at radius 3 is 2.50 bits per heavy atom. The number of pyridine rings is 1. The van der Waals surface area contributed by atoms with Gasteiger partial charge in [-0.1, -0.05) is 0 Å². The average Bonchev–Trinajstić information content (AvgIpc) is 2.77. The van der Waals surface area contributed by atoms with E-state index in [1.54, 1.807) is 21.3 Å². The SMILES string of the molecule is COc1ccc(OC)c(Cc2c(OC)cc3c4c(cnc3c2C(=O)O)CCCC4)c1. The van der Waals surface area contributed by atoms with E-state index in [-0.39, 0.29) is 5.56 Å². The third-order valence-electron chi connectivity index (χ3n) is 5.84. The Hall–Kier alpha value is -3.28. The molecule has 1 aliphatic carbocycles. The first-order chi connectivity index (χ1) is 14.6. The number of rotatable bonds is 6. The van der Waals surface area contributed by atoms with E-state index in [4.69, 9.17) is 14.2 Å². The molecule has 156 valence electrons. The highest BCUT2D eigenvalue weighted by Gasteiger charge is 2.25. The lowest BCUT2D eigenvalue weighted by Crippen LogP contribution is -2.11. The minimum Gasteiger partial charge on any atom is -0.497 e. The van der Waals surface area contributed by atoms with Crippen LogP contribution >= 0.6 is 0 Å². The largest absolute Gasteiger partial charge is 0.497 e. The molecule has 6 nitrogen and oxygen atoms in total. The van der Waals surface area contributed by atoms with E-state index in [0.717, 1.165) is 36.6 Å². The fourth-order valence-corrected chi connectivity index (χ4v) is 4.37. The second kappa shape index (κ2) is 8.22. The molecule has 0 amide bonds. The van der Waals surface area contributed by atoms with Crippen molar-refractivity contribution in [1.82, 2.24) is 4.98 Å². The number of carboxylic acid groups (broad SMARTS) is 1. The standard InChI is InChI=1S/C24H25NO5/c1-28-16-8-9-20(29-2)15(10-16)11-19-21(30-3)12-18-17-7-5-4-6-14(17)13-25-23(18)22(19)24(26)27/h8-10,12-13H,4-7,11H2,1-3H3,(H,26,27). The van der Waals surface area contributed by atoms with Crippen LogP contribution in [0, 0.1) is 0 Å². The monoisotopic (exact) mass is 407 g/mol. The summed E-state index contributed by atoms with van der Waals surface area (Å²) < 4.78 is 16.5. The molecule has 0 spiro atoms. The molecule has 1 aromatic heterocycles. The summed E-state index contributed by atoms with van der Waals surface area (Å²) in [5, 5.41) is 11.0. The summed E-state index contributed by atoms with van der Waals surface area (Å²) in [4.78, 5) is 17.0. The molecule has 2 aromatic carbocycles. The third-order valence-corrected chi connectivity index (χ3v) is 5.84. The number of aryl methyl sites for hydroxylation is 2. The lowest BCUT2D eigenvalue weighted by molar-refractivity contribution is 0.0697. The van der Waals surface area contributed by atoms with Gasteiger partial charge in [-0.25, -0.2) is 4.79 Å². The van der Waals surface area contributed by atoms with E-state index in [2.05, 4.69) is 4.98 Å². The van der Waals surface area contributed by atoms with Crippen LogP contribution in [0.15, 0.2) is 30.5 Å². The molecular formula is C24H25NO5. The quantitative estimate of drug-likeness (QED) is 0.651. The summed E-state index contributed by atoms with van der Waals surface area (Å²) in [6.07, 6.45) is 6.30. The molecule has 0 atom stereocenters. The first-order valence-electron chi connectivity index (χ1n) is 10.0. The highest BCUT2D eigenvalue weighted by Crippen LogP contribution is 2.38. The van der Waals surface area contributed by atoms with E-state index in [0.29, 0.717) is 34.7 Å². The Labute approximate surface area is 175 Å². The van der Waals surface area contributed by atoms with Crippen molar-refractivity contribution in [3.8, 4) is 17.2 Å². The molecule has 4 rings (SSSR count). The second-order valence-corrected chi connectivity index (χ2v) is 7.46. The van der Waals surface area contributed by atoms with E-state index >= 15 is 0 Å². The van der Waals surface area contributed by atoms with Crippen molar-refractivity contribution in [2.45, 2.75) is 32.1 Å². The van der Waals surface area contributed by atoms with Crippen LogP contribution in [0.2, 0.25) is 0 Å². The molecule has 0 saturated heterocycles. The zero-order valence-electron chi connectivity index (χ0n) is 17.4. The lowest BCUT2D eigenvalue weighted by atomic mass is 9.87. The van der Waals surface area contributed by atoms with Crippen LogP contribution in [0.4, 0.5) is 0 Å². The highest BCUT2D eigenvalue weighted by atomic mass is 16.5. The molecule has 30 heavy (non-hydrogen) atoms. The number of carboxylic acids is 1. The van der Waals surface area contributed by atoms with Crippen molar-refractivity contribution in [2.24, 2.45) is 0 Å². The lowest BCUT2D eigenvalue weighted by Gasteiger charge is -2.21. The number of methoxy groups -OCH3 is 3. The number of nitrogens with zero attached hydrogens (tertiary/aromatic N) is 1. The Kier molecular flexibility index (Phi) is 5.48. The molecule has 1 aliphatic rings. The number of ether oxygens (including phenoxy) is 3. The van der Waals surface area contributed by atoms with Gasteiger partial charge in [-0.3, -0.25) is 4.98 Å². The minimum absolute atomic E-state index is 0.183. The van der Waals surface area contributed by atoms with Crippen molar-refractivity contribution < 1.29 is 24.1 Å². The zero-order chi connectivity index (χ0) is 21.3. The maximum absolute atomic E-state index is 12.4. The van der Waals surface area contributed by atoms with Crippen LogP contribution in [0.25, 0.3) is 10.9 Å². The van der Waals surface area contributed by atoms with Crippen LogP contribution in [-0.2, 0) is 19.3 Å². The first-order valence-corrected chi connectivity index (χ1v) is 10.0. The van der Waals surface area contributed by atoms with Gasteiger partial charge in [0.2, 0.25) is 0 Å². The normalized spacial score (nSPS) is 13.0. The van der Waals surface area contributed by atoms with Crippen molar-refractivity contribution >= 4 is 16.9 Å². The molecule has 1 N–H and O–H groups in total. The predicted molar refractivity (Wildman–Crippen MR) is 114 cm³/mol. The van der Waals surface area contributed by atoms with Gasteiger partial charge in [-0.2, -0.15) is 0 Å². The van der Waals surface area contributed by atoms with Crippen LogP contribution in [0.1, 0.15) is 45.5 Å². The Balaban J connectivity index is 1.96. The predicted octanol–water partition coefficient (Wildman–Crippen LogP) is 4.43. The van der Waals surface area contributed by atoms with Crippen molar-refractivity contribution in [3.63, 3.8) is 0 Å². The number of hydrogen-bond donors (Lipinski definition) is 1. The minimum atomic E-state index is -1.01. The number of hydrogen-bond acceptors (Lipinski definition) is 5. The van der Waals surface area contributed by atoms with E-state index < -0.39 is 5.97 Å². The van der Waals surface area contributed by atoms with Crippen molar-refractivity contribution in [3.05, 3.63) is 58.3 Å². The van der Waals surface area contributed by atoms with Gasteiger partial charge >= 0.3 is 5.97 Å². The summed E-state index contributed by atoms with van der Waals surface area (Å²) in [7, 11) is 4.76. The van der Waals surface area contributed by atoms with Gasteiger partial charge in [-0.15, -0.1) is 0 Å². The summed E-state index contributed by atoms with van der Waals surface area (Å²) in [5.74, 6) is 0.867. The van der Waals surface area contributed by atoms with Gasteiger partial charge in [0, 0.05) is 29.1 Å². The third kappa shape index (κ3) is 3.43. The summed E-state index contributed by atoms with van der Waals surface area (Å²) >= 11 is 0. The van der Waals surface area contributed by atoms with E-state index in [9.17, 15) is 9.90 Å². The molecule has 0 saturated carbocycles. The van der Waals surface area contributed by atoms with Crippen LogP contribution in [-0.4, -0.2) is 37.4 Å². The van der Waals surface area contributed by atoms with Crippen LogP contribution in [0.5, 0.6) is 17.2 Å². The van der Waals surface area contributed by atoms with Gasteiger partial charge in [0.25, 0.3) is 0 Å². The smallest absolute Gasteiger partial charge is 0.338 e. The molecule has 0 fully saturated rings. The molecule has 0 unspecified atom stereocenters. The molecule has 3 aromatic rings. The second-order valence-electron chi connectivity index (χ2n) is 7.46. The molecule has 0 aliphatic heterocycles. The molecule has 0 bridgehead atoms. The van der Waals surface area contributed by atoms with Crippen LogP contribution in [0.3, 0.4) is 0 Å². The topological polar surface area (TPSA) is 77.9 Å². The van der Waals surface area contributed by atoms with Crippen molar-refractivity contribution in [1.29, 1.82) is 0 Å². The Morgan fingerprint density at radius 2 is 1.80 bits per heavy atom. The number of aromatic carboxylic acids is 1. The Morgan fingerprint density at radius 1 is 1.03 bits per heavy atom. The number of aromatic nitrogens is 1. The molecule has 1 heterocycles. The summed E-state index contributed by atoms with van der Waals surface area (Å²) in [6, 6.07) is 7.43. The first kappa shape index (κ1) is 20.0. The fourth-order valence-electron chi connectivity index (χ4n) is 4.37. The molecule has 6 heteroatoms. The van der Waals surface area contributed by atoms with Gasteiger partial charge in [-0.05, 0) is 61.1 Å². The number of fused-ring (bicyclic) bond motifs is 3.